The fraction of sp³-hybridized carbons (Fsp3) is 0.316. The fourth-order valence-corrected chi connectivity index (χ4v) is 2.84. The van der Waals surface area contributed by atoms with Crippen molar-refractivity contribution >= 4 is 34.6 Å². The molecule has 0 bridgehead atoms. The van der Waals surface area contributed by atoms with Crippen LogP contribution in [0.4, 0.5) is 17.1 Å². The summed E-state index contributed by atoms with van der Waals surface area (Å²) in [5, 5.41) is 14.0. The van der Waals surface area contributed by atoms with Crippen LogP contribution in [0.2, 0.25) is 5.02 Å². The SMILES string of the molecule is CCN(c1ccc(NC(=O)COc2ccc(Cl)cc2[N+](=O)[O-])cc1)C(C)C. The first-order valence-electron chi connectivity index (χ1n) is 8.55. The first-order chi connectivity index (χ1) is 12.8. The number of ether oxygens (including phenoxy) is 1. The average molecular weight is 392 g/mol. The van der Waals surface area contributed by atoms with Crippen LogP contribution in [0.1, 0.15) is 20.8 Å². The molecule has 2 aromatic carbocycles. The first-order valence-corrected chi connectivity index (χ1v) is 8.93. The minimum absolute atomic E-state index is 0.00887. The molecule has 0 aliphatic rings. The molecule has 0 aliphatic heterocycles. The predicted molar refractivity (Wildman–Crippen MR) is 107 cm³/mol. The summed E-state index contributed by atoms with van der Waals surface area (Å²) in [6, 6.07) is 11.9. The Morgan fingerprint density at radius 2 is 1.93 bits per heavy atom. The van der Waals surface area contributed by atoms with E-state index in [1.165, 1.54) is 18.2 Å². The Labute approximate surface area is 163 Å². The van der Waals surface area contributed by atoms with Crippen molar-refractivity contribution in [2.75, 3.05) is 23.4 Å². The molecule has 1 N–H and O–H groups in total. The summed E-state index contributed by atoms with van der Waals surface area (Å²) in [6.45, 7) is 6.86. The van der Waals surface area contributed by atoms with Crippen LogP contribution in [0.5, 0.6) is 5.75 Å². The van der Waals surface area contributed by atoms with Crippen molar-refractivity contribution in [2.24, 2.45) is 0 Å². The molecular formula is C19H22ClN3O4. The second-order valence-corrected chi connectivity index (χ2v) is 6.57. The third kappa shape index (κ3) is 5.59. The van der Waals surface area contributed by atoms with Crippen molar-refractivity contribution in [1.29, 1.82) is 0 Å². The van der Waals surface area contributed by atoms with Gasteiger partial charge in [0.05, 0.1) is 4.92 Å². The Balaban J connectivity index is 1.98. The molecule has 2 aromatic rings. The number of rotatable bonds is 8. The van der Waals surface area contributed by atoms with Gasteiger partial charge in [-0.05, 0) is 57.2 Å². The van der Waals surface area contributed by atoms with Crippen LogP contribution in [0.25, 0.3) is 0 Å². The Morgan fingerprint density at radius 1 is 1.26 bits per heavy atom. The summed E-state index contributed by atoms with van der Waals surface area (Å²) < 4.78 is 5.28. The number of amides is 1. The summed E-state index contributed by atoms with van der Waals surface area (Å²) in [5.74, 6) is -0.423. The van der Waals surface area contributed by atoms with E-state index < -0.39 is 10.8 Å². The lowest BCUT2D eigenvalue weighted by Gasteiger charge is -2.27. The molecular weight excluding hydrogens is 370 g/mol. The molecule has 7 nitrogen and oxygen atoms in total. The molecule has 8 heteroatoms. The van der Waals surface area contributed by atoms with E-state index in [1.54, 1.807) is 0 Å². The van der Waals surface area contributed by atoms with E-state index in [2.05, 4.69) is 31.0 Å². The Kier molecular flexibility index (Phi) is 7.01. The minimum Gasteiger partial charge on any atom is -0.477 e. The maximum atomic E-state index is 12.1. The van der Waals surface area contributed by atoms with Gasteiger partial charge >= 0.3 is 5.69 Å². The van der Waals surface area contributed by atoms with Gasteiger partial charge in [-0.1, -0.05) is 11.6 Å². The zero-order chi connectivity index (χ0) is 20.0. The van der Waals surface area contributed by atoms with Crippen LogP contribution in [0.15, 0.2) is 42.5 Å². The van der Waals surface area contributed by atoms with E-state index in [-0.39, 0.29) is 23.1 Å². The van der Waals surface area contributed by atoms with Crippen LogP contribution in [0, 0.1) is 10.1 Å². The maximum absolute atomic E-state index is 12.1. The fourth-order valence-electron chi connectivity index (χ4n) is 2.68. The summed E-state index contributed by atoms with van der Waals surface area (Å²) in [4.78, 5) is 24.7. The smallest absolute Gasteiger partial charge is 0.312 e. The normalized spacial score (nSPS) is 10.6. The number of nitro groups is 1. The lowest BCUT2D eigenvalue weighted by Crippen LogP contribution is -2.30. The lowest BCUT2D eigenvalue weighted by atomic mass is 10.2. The van der Waals surface area contributed by atoms with Gasteiger partial charge in [0.2, 0.25) is 0 Å². The van der Waals surface area contributed by atoms with Gasteiger partial charge < -0.3 is 15.0 Å². The van der Waals surface area contributed by atoms with Crippen molar-refractivity contribution in [3.05, 3.63) is 57.6 Å². The van der Waals surface area contributed by atoms with Gasteiger partial charge in [0.1, 0.15) is 0 Å². The van der Waals surface area contributed by atoms with Crippen LogP contribution in [-0.2, 0) is 4.79 Å². The molecule has 0 aliphatic carbocycles. The highest BCUT2D eigenvalue weighted by atomic mass is 35.5. The molecule has 0 heterocycles. The van der Waals surface area contributed by atoms with E-state index in [4.69, 9.17) is 16.3 Å². The molecule has 27 heavy (non-hydrogen) atoms. The number of carbonyl (C=O) groups excluding carboxylic acids is 1. The quantitative estimate of drug-likeness (QED) is 0.529. The van der Waals surface area contributed by atoms with Crippen molar-refractivity contribution in [1.82, 2.24) is 0 Å². The zero-order valence-electron chi connectivity index (χ0n) is 15.4. The summed E-state index contributed by atoms with van der Waals surface area (Å²) >= 11 is 5.75. The van der Waals surface area contributed by atoms with Gasteiger partial charge in [-0.15, -0.1) is 0 Å². The van der Waals surface area contributed by atoms with E-state index >= 15 is 0 Å². The highest BCUT2D eigenvalue weighted by molar-refractivity contribution is 6.30. The van der Waals surface area contributed by atoms with Crippen molar-refractivity contribution in [3.8, 4) is 5.75 Å². The van der Waals surface area contributed by atoms with E-state index in [0.29, 0.717) is 11.7 Å². The number of carbonyl (C=O) groups is 1. The van der Waals surface area contributed by atoms with Gasteiger partial charge in [0.15, 0.2) is 12.4 Å². The van der Waals surface area contributed by atoms with Crippen LogP contribution >= 0.6 is 11.6 Å². The monoisotopic (exact) mass is 391 g/mol. The molecule has 0 atom stereocenters. The molecule has 0 fully saturated rings. The highest BCUT2D eigenvalue weighted by Gasteiger charge is 2.17. The third-order valence-electron chi connectivity index (χ3n) is 3.92. The average Bonchev–Trinajstić information content (AvgIpc) is 2.62. The number of hydrogen-bond acceptors (Lipinski definition) is 5. The van der Waals surface area contributed by atoms with Gasteiger partial charge in [-0.25, -0.2) is 0 Å². The van der Waals surface area contributed by atoms with E-state index in [9.17, 15) is 14.9 Å². The minimum atomic E-state index is -0.605. The Bertz CT molecular complexity index is 809. The second kappa shape index (κ2) is 9.23. The molecule has 0 saturated carbocycles. The number of anilines is 2. The molecule has 0 unspecified atom stereocenters. The standard InChI is InChI=1S/C19H22ClN3O4/c1-4-22(13(2)3)16-8-6-15(7-9-16)21-19(24)12-27-18-10-5-14(20)11-17(18)23(25)26/h5-11,13H,4,12H2,1-3H3,(H,21,24). The van der Waals surface area contributed by atoms with Crippen LogP contribution in [0.3, 0.4) is 0 Å². The second-order valence-electron chi connectivity index (χ2n) is 6.13. The Hall–Kier alpha value is -2.80. The summed E-state index contributed by atoms with van der Waals surface area (Å²) in [6.07, 6.45) is 0. The predicted octanol–water partition coefficient (Wildman–Crippen LogP) is 4.50. The number of nitro benzene ring substituents is 1. The highest BCUT2D eigenvalue weighted by Crippen LogP contribution is 2.29. The Morgan fingerprint density at radius 3 is 2.48 bits per heavy atom. The van der Waals surface area contributed by atoms with Crippen molar-refractivity contribution < 1.29 is 14.5 Å². The topological polar surface area (TPSA) is 84.7 Å². The molecule has 1 amide bonds. The van der Waals surface area contributed by atoms with E-state index in [0.717, 1.165) is 12.2 Å². The summed E-state index contributed by atoms with van der Waals surface area (Å²) in [5.41, 5.74) is 1.41. The number of nitrogens with one attached hydrogen (secondary N) is 1. The molecule has 2 rings (SSSR count). The number of halogens is 1. The molecule has 0 radical (unpaired) electrons. The molecule has 0 aromatic heterocycles. The third-order valence-corrected chi connectivity index (χ3v) is 4.16. The van der Waals surface area contributed by atoms with Crippen LogP contribution in [-0.4, -0.2) is 30.0 Å². The lowest BCUT2D eigenvalue weighted by molar-refractivity contribution is -0.385. The van der Waals surface area contributed by atoms with Crippen LogP contribution < -0.4 is 15.0 Å². The largest absolute Gasteiger partial charge is 0.477 e. The van der Waals surface area contributed by atoms with Gasteiger partial charge in [0, 0.05) is 35.1 Å². The number of hydrogen-bond donors (Lipinski definition) is 1. The first kappa shape index (κ1) is 20.5. The van der Waals surface area contributed by atoms with Crippen molar-refractivity contribution in [3.63, 3.8) is 0 Å². The maximum Gasteiger partial charge on any atom is 0.312 e. The molecule has 144 valence electrons. The van der Waals surface area contributed by atoms with Gasteiger partial charge in [-0.3, -0.25) is 14.9 Å². The van der Waals surface area contributed by atoms with Gasteiger partial charge in [-0.2, -0.15) is 0 Å². The van der Waals surface area contributed by atoms with Gasteiger partial charge in [0.25, 0.3) is 5.91 Å². The number of nitrogens with zero attached hydrogens (tertiary/aromatic N) is 2. The zero-order valence-corrected chi connectivity index (χ0v) is 16.2. The molecule has 0 saturated heterocycles. The van der Waals surface area contributed by atoms with Crippen molar-refractivity contribution in [2.45, 2.75) is 26.8 Å². The molecule has 0 spiro atoms. The summed E-state index contributed by atoms with van der Waals surface area (Å²) in [7, 11) is 0. The number of benzene rings is 2. The van der Waals surface area contributed by atoms with E-state index in [1.807, 2.05) is 24.3 Å².